The fourth-order valence-electron chi connectivity index (χ4n) is 2.79. The van der Waals surface area contributed by atoms with Crippen LogP contribution >= 0.6 is 0 Å². The van der Waals surface area contributed by atoms with E-state index in [0.717, 1.165) is 41.9 Å². The summed E-state index contributed by atoms with van der Waals surface area (Å²) in [5.41, 5.74) is 4.43. The predicted octanol–water partition coefficient (Wildman–Crippen LogP) is 2.07. The van der Waals surface area contributed by atoms with E-state index in [1.807, 2.05) is 35.1 Å². The molecular formula is C16H16N4O. The summed E-state index contributed by atoms with van der Waals surface area (Å²) >= 11 is 0. The first-order chi connectivity index (χ1) is 10.3. The van der Waals surface area contributed by atoms with Crippen LogP contribution in [-0.2, 0) is 13.0 Å². The van der Waals surface area contributed by atoms with Crippen LogP contribution < -0.4 is 10.1 Å². The molecule has 3 heterocycles. The van der Waals surface area contributed by atoms with Crippen LogP contribution in [0.4, 0.5) is 0 Å². The maximum Gasteiger partial charge on any atom is 0.119 e. The van der Waals surface area contributed by atoms with E-state index in [0.29, 0.717) is 0 Å². The largest absolute Gasteiger partial charge is 0.497 e. The summed E-state index contributed by atoms with van der Waals surface area (Å²) in [7, 11) is 1.68. The van der Waals surface area contributed by atoms with Gasteiger partial charge in [-0.2, -0.15) is 5.10 Å². The van der Waals surface area contributed by atoms with E-state index in [4.69, 9.17) is 9.84 Å². The number of hydrogen-bond donors (Lipinski definition) is 1. The Morgan fingerprint density at radius 3 is 3.10 bits per heavy atom. The maximum absolute atomic E-state index is 5.33. The smallest absolute Gasteiger partial charge is 0.119 e. The van der Waals surface area contributed by atoms with E-state index in [-0.39, 0.29) is 0 Å². The molecule has 1 aliphatic rings. The van der Waals surface area contributed by atoms with Gasteiger partial charge in [-0.05, 0) is 24.3 Å². The second-order valence-electron chi connectivity index (χ2n) is 5.19. The lowest BCUT2D eigenvalue weighted by molar-refractivity contribution is 0.415. The summed E-state index contributed by atoms with van der Waals surface area (Å²) in [5.74, 6) is 0.829. The highest BCUT2D eigenvalue weighted by atomic mass is 16.5. The predicted molar refractivity (Wildman–Crippen MR) is 80.8 cm³/mol. The highest BCUT2D eigenvalue weighted by Gasteiger charge is 2.15. The van der Waals surface area contributed by atoms with Crippen molar-refractivity contribution < 1.29 is 4.74 Å². The van der Waals surface area contributed by atoms with Gasteiger partial charge in [0, 0.05) is 42.9 Å². The van der Waals surface area contributed by atoms with Crippen LogP contribution in [0.25, 0.3) is 16.6 Å². The van der Waals surface area contributed by atoms with Crippen LogP contribution in [0.15, 0.2) is 36.7 Å². The van der Waals surface area contributed by atoms with E-state index >= 15 is 0 Å². The first-order valence-electron chi connectivity index (χ1n) is 7.06. The number of pyridine rings is 1. The molecule has 5 heteroatoms. The first kappa shape index (κ1) is 12.3. The Bertz CT molecular complexity index is 786. The Kier molecular flexibility index (Phi) is 2.86. The molecule has 0 bridgehead atoms. The Morgan fingerprint density at radius 1 is 1.29 bits per heavy atom. The molecule has 0 fully saturated rings. The quantitative estimate of drug-likeness (QED) is 0.781. The van der Waals surface area contributed by atoms with Crippen molar-refractivity contribution in [3.05, 3.63) is 47.9 Å². The SMILES string of the molecule is COc1ccc2nccc(-n3cc4c(n3)CCNC4)c2c1. The van der Waals surface area contributed by atoms with E-state index in [1.165, 1.54) is 11.3 Å². The topological polar surface area (TPSA) is 52.0 Å². The maximum atomic E-state index is 5.33. The number of benzene rings is 1. The molecular weight excluding hydrogens is 264 g/mol. The molecule has 2 aromatic heterocycles. The average molecular weight is 280 g/mol. The minimum absolute atomic E-state index is 0.829. The van der Waals surface area contributed by atoms with E-state index in [9.17, 15) is 0 Å². The van der Waals surface area contributed by atoms with Crippen molar-refractivity contribution in [2.45, 2.75) is 13.0 Å². The molecule has 1 N–H and O–H groups in total. The first-order valence-corrected chi connectivity index (χ1v) is 7.06. The third-order valence-electron chi connectivity index (χ3n) is 3.90. The summed E-state index contributed by atoms with van der Waals surface area (Å²) in [5, 5.41) is 9.16. The lowest BCUT2D eigenvalue weighted by atomic mass is 10.1. The zero-order chi connectivity index (χ0) is 14.2. The second-order valence-corrected chi connectivity index (χ2v) is 5.19. The highest BCUT2D eigenvalue weighted by molar-refractivity contribution is 5.88. The molecule has 21 heavy (non-hydrogen) atoms. The van der Waals surface area contributed by atoms with Gasteiger partial charge in [0.1, 0.15) is 5.75 Å². The second kappa shape index (κ2) is 4.86. The van der Waals surface area contributed by atoms with E-state index in [1.54, 1.807) is 7.11 Å². The summed E-state index contributed by atoms with van der Waals surface area (Å²) in [6, 6.07) is 7.91. The zero-order valence-electron chi connectivity index (χ0n) is 11.8. The molecule has 1 aromatic carbocycles. The molecule has 0 amide bonds. The van der Waals surface area contributed by atoms with Crippen molar-refractivity contribution in [2.75, 3.05) is 13.7 Å². The molecule has 1 aliphatic heterocycles. The van der Waals surface area contributed by atoms with Crippen molar-refractivity contribution in [1.29, 1.82) is 0 Å². The Morgan fingerprint density at radius 2 is 2.24 bits per heavy atom. The van der Waals surface area contributed by atoms with Gasteiger partial charge < -0.3 is 10.1 Å². The summed E-state index contributed by atoms with van der Waals surface area (Å²) in [6.07, 6.45) is 4.91. The molecule has 0 unspecified atom stereocenters. The van der Waals surface area contributed by atoms with Crippen LogP contribution in [-0.4, -0.2) is 28.4 Å². The Hall–Kier alpha value is -2.40. The molecule has 0 radical (unpaired) electrons. The zero-order valence-corrected chi connectivity index (χ0v) is 11.8. The van der Waals surface area contributed by atoms with Gasteiger partial charge in [-0.15, -0.1) is 0 Å². The molecule has 0 saturated carbocycles. The molecule has 3 aromatic rings. The van der Waals surface area contributed by atoms with Crippen LogP contribution in [0.1, 0.15) is 11.3 Å². The number of fused-ring (bicyclic) bond motifs is 2. The van der Waals surface area contributed by atoms with E-state index < -0.39 is 0 Å². The molecule has 5 nitrogen and oxygen atoms in total. The molecule has 0 spiro atoms. The Labute approximate surface area is 122 Å². The van der Waals surface area contributed by atoms with Crippen LogP contribution in [0.2, 0.25) is 0 Å². The monoisotopic (exact) mass is 280 g/mol. The van der Waals surface area contributed by atoms with Crippen LogP contribution in [0.3, 0.4) is 0 Å². The lowest BCUT2D eigenvalue weighted by Crippen LogP contribution is -2.22. The number of ether oxygens (including phenoxy) is 1. The average Bonchev–Trinajstić information content (AvgIpc) is 2.97. The standard InChI is InChI=1S/C16H16N4O/c1-21-12-2-3-15-13(8-12)16(5-7-18-15)20-10-11-9-17-6-4-14(11)19-20/h2-3,5,7-8,10,17H,4,6,9H2,1H3. The minimum atomic E-state index is 0.829. The van der Waals surface area contributed by atoms with Crippen molar-refractivity contribution in [3.63, 3.8) is 0 Å². The van der Waals surface area contributed by atoms with Gasteiger partial charge >= 0.3 is 0 Å². The molecule has 0 saturated heterocycles. The number of hydrogen-bond acceptors (Lipinski definition) is 4. The summed E-state index contributed by atoms with van der Waals surface area (Å²) in [4.78, 5) is 4.42. The fraction of sp³-hybridized carbons (Fsp3) is 0.250. The fourth-order valence-corrected chi connectivity index (χ4v) is 2.79. The van der Waals surface area contributed by atoms with Gasteiger partial charge in [0.15, 0.2) is 0 Å². The van der Waals surface area contributed by atoms with Gasteiger partial charge in [-0.25, -0.2) is 4.68 Å². The van der Waals surface area contributed by atoms with Crippen LogP contribution in [0.5, 0.6) is 5.75 Å². The van der Waals surface area contributed by atoms with Crippen molar-refractivity contribution >= 4 is 10.9 Å². The van der Waals surface area contributed by atoms with Crippen LogP contribution in [0, 0.1) is 0 Å². The molecule has 106 valence electrons. The van der Waals surface area contributed by atoms with Crippen molar-refractivity contribution in [1.82, 2.24) is 20.1 Å². The molecule has 0 atom stereocenters. The van der Waals surface area contributed by atoms with Gasteiger partial charge in [-0.1, -0.05) is 0 Å². The van der Waals surface area contributed by atoms with Crippen molar-refractivity contribution in [2.24, 2.45) is 0 Å². The Balaban J connectivity index is 1.91. The van der Waals surface area contributed by atoms with E-state index in [2.05, 4.69) is 16.5 Å². The minimum Gasteiger partial charge on any atom is -0.497 e. The highest BCUT2D eigenvalue weighted by Crippen LogP contribution is 2.25. The lowest BCUT2D eigenvalue weighted by Gasteiger charge is -2.09. The molecule has 4 rings (SSSR count). The van der Waals surface area contributed by atoms with Crippen molar-refractivity contribution in [3.8, 4) is 11.4 Å². The number of methoxy groups -OCH3 is 1. The number of nitrogens with one attached hydrogen (secondary N) is 1. The van der Waals surface area contributed by atoms with Gasteiger partial charge in [0.25, 0.3) is 0 Å². The third-order valence-corrected chi connectivity index (χ3v) is 3.90. The number of rotatable bonds is 2. The third kappa shape index (κ3) is 2.06. The normalized spacial score (nSPS) is 14.1. The molecule has 0 aliphatic carbocycles. The summed E-state index contributed by atoms with van der Waals surface area (Å²) < 4.78 is 7.29. The van der Waals surface area contributed by atoms with Gasteiger partial charge in [-0.3, -0.25) is 4.98 Å². The van der Waals surface area contributed by atoms with Gasteiger partial charge in [0.05, 0.1) is 24.0 Å². The number of nitrogens with zero attached hydrogens (tertiary/aromatic N) is 3. The van der Waals surface area contributed by atoms with Gasteiger partial charge in [0.2, 0.25) is 0 Å². The summed E-state index contributed by atoms with van der Waals surface area (Å²) in [6.45, 7) is 1.89. The number of aromatic nitrogens is 3.